The second-order valence-electron chi connectivity index (χ2n) is 6.20. The number of benzene rings is 1. The van der Waals surface area contributed by atoms with Gasteiger partial charge in [-0.2, -0.15) is 5.26 Å². The van der Waals surface area contributed by atoms with Gasteiger partial charge in [-0.25, -0.2) is 4.39 Å². The molecule has 2 unspecified atom stereocenters. The van der Waals surface area contributed by atoms with Gasteiger partial charge in [-0.15, -0.1) is 4.72 Å². The van der Waals surface area contributed by atoms with Crippen LogP contribution in [-0.2, 0) is 16.2 Å². The Hall–Kier alpha value is -1.62. The predicted molar refractivity (Wildman–Crippen MR) is 86.1 cm³/mol. The molecule has 0 aromatic heterocycles. The molecule has 23 heavy (non-hydrogen) atoms. The summed E-state index contributed by atoms with van der Waals surface area (Å²) in [6.45, 7) is 5.44. The molecule has 1 rings (SSSR count). The number of nitriles is 1. The fourth-order valence-electron chi connectivity index (χ4n) is 1.87. The first-order valence-electron chi connectivity index (χ1n) is 7.21. The van der Waals surface area contributed by atoms with Crippen molar-refractivity contribution in [1.29, 1.82) is 5.26 Å². The van der Waals surface area contributed by atoms with Gasteiger partial charge in [-0.3, -0.25) is 4.79 Å². The quantitative estimate of drug-likeness (QED) is 0.744. The topological polar surface area (TPSA) is 96.2 Å². The molecule has 0 saturated heterocycles. The summed E-state index contributed by atoms with van der Waals surface area (Å²) in [5, 5.41) is 17.8. The van der Waals surface area contributed by atoms with Crippen LogP contribution in [0.5, 0.6) is 0 Å². The number of rotatable bonds is 7. The summed E-state index contributed by atoms with van der Waals surface area (Å²) in [5.41, 5.74) is 0.700. The molecule has 126 valence electrons. The van der Waals surface area contributed by atoms with Crippen molar-refractivity contribution in [3.05, 3.63) is 35.6 Å². The number of nitrogens with zero attached hydrogens (tertiary/aromatic N) is 1. The highest BCUT2D eigenvalue weighted by Gasteiger charge is 2.30. The Labute approximate surface area is 138 Å². The van der Waals surface area contributed by atoms with Crippen LogP contribution < -0.4 is 4.72 Å². The van der Waals surface area contributed by atoms with Crippen LogP contribution in [0.3, 0.4) is 0 Å². The summed E-state index contributed by atoms with van der Waals surface area (Å²) in [6, 6.07) is 7.03. The number of nitrogens with one attached hydrogen (secondary N) is 1. The third-order valence-electron chi connectivity index (χ3n) is 3.28. The van der Waals surface area contributed by atoms with E-state index in [1.54, 1.807) is 18.2 Å². The van der Waals surface area contributed by atoms with Gasteiger partial charge in [0, 0.05) is 11.4 Å². The molecule has 0 aliphatic carbocycles. The van der Waals surface area contributed by atoms with Crippen molar-refractivity contribution < 1.29 is 18.8 Å². The first-order valence-corrected chi connectivity index (χ1v) is 8.36. The number of halogens is 1. The van der Waals surface area contributed by atoms with Gasteiger partial charge in [-0.1, -0.05) is 12.1 Å². The predicted octanol–water partition coefficient (Wildman–Crippen LogP) is 2.92. The van der Waals surface area contributed by atoms with Crippen molar-refractivity contribution >= 4 is 17.3 Å². The Morgan fingerprint density at radius 1 is 1.39 bits per heavy atom. The molecule has 0 saturated carbocycles. The highest BCUT2D eigenvalue weighted by atomic mass is 32.2. The largest absolute Gasteiger partial charge is 0.598 e. The molecule has 2 N–H and O–H groups in total. The zero-order valence-corrected chi connectivity index (χ0v) is 14.2. The molecule has 0 amide bonds. The normalized spacial score (nSPS) is 15.5. The lowest BCUT2D eigenvalue weighted by Crippen LogP contribution is -2.41. The minimum absolute atomic E-state index is 0.113. The Kier molecular flexibility index (Phi) is 7.01. The van der Waals surface area contributed by atoms with E-state index in [1.165, 1.54) is 12.1 Å². The van der Waals surface area contributed by atoms with Crippen LogP contribution in [0, 0.1) is 23.1 Å². The molecule has 1 aromatic rings. The van der Waals surface area contributed by atoms with E-state index in [4.69, 9.17) is 10.4 Å². The minimum Gasteiger partial charge on any atom is -0.598 e. The molecular formula is C16H21FN2O3S. The highest BCUT2D eigenvalue weighted by molar-refractivity contribution is 7.90. The Morgan fingerprint density at radius 2 is 1.96 bits per heavy atom. The summed E-state index contributed by atoms with van der Waals surface area (Å²) >= 11 is -1.37. The van der Waals surface area contributed by atoms with E-state index in [0.717, 1.165) is 0 Å². The number of hydrogen-bond acceptors (Lipinski definition) is 4. The number of hydrogen-bond donors (Lipinski definition) is 2. The number of carboxylic acid groups (broad SMARTS) is 1. The fraction of sp³-hybridized carbons (Fsp3) is 0.500. The van der Waals surface area contributed by atoms with Crippen molar-refractivity contribution in [1.82, 2.24) is 4.72 Å². The lowest BCUT2D eigenvalue weighted by Gasteiger charge is -2.28. The first-order chi connectivity index (χ1) is 10.6. The zero-order chi connectivity index (χ0) is 17.6. The summed E-state index contributed by atoms with van der Waals surface area (Å²) in [4.78, 5) is 11.0. The number of carbonyl (C=O) groups is 1. The minimum atomic E-state index is -1.37. The maximum Gasteiger partial charge on any atom is 0.320 e. The van der Waals surface area contributed by atoms with Gasteiger partial charge in [-0.05, 0) is 51.3 Å². The van der Waals surface area contributed by atoms with Gasteiger partial charge in [0.1, 0.15) is 16.5 Å². The van der Waals surface area contributed by atoms with Crippen LogP contribution >= 0.6 is 0 Å². The van der Waals surface area contributed by atoms with Gasteiger partial charge >= 0.3 is 5.97 Å². The molecule has 0 fully saturated rings. The molecule has 5 nitrogen and oxygen atoms in total. The average molecular weight is 340 g/mol. The summed E-state index contributed by atoms with van der Waals surface area (Å²) < 4.78 is 27.8. The third kappa shape index (κ3) is 6.18. The van der Waals surface area contributed by atoms with E-state index < -0.39 is 34.0 Å². The smallest absolute Gasteiger partial charge is 0.320 e. The monoisotopic (exact) mass is 340 g/mol. The highest BCUT2D eigenvalue weighted by Crippen LogP contribution is 2.25. The maximum absolute atomic E-state index is 13.1. The molecule has 0 spiro atoms. The van der Waals surface area contributed by atoms with Crippen LogP contribution in [-0.4, -0.2) is 20.4 Å². The van der Waals surface area contributed by atoms with E-state index >= 15 is 0 Å². The summed E-state index contributed by atoms with van der Waals surface area (Å²) in [6.07, 6.45) is 0.417. The Balaban J connectivity index is 2.90. The fourth-order valence-corrected chi connectivity index (χ4v) is 2.74. The SMILES string of the molecule is CC(C)(C)[S+]([O-])N[C@H](CCC(C#N)C(=O)O)c1ccc(F)cc1. The van der Waals surface area contributed by atoms with Gasteiger partial charge in [0.15, 0.2) is 0 Å². The van der Waals surface area contributed by atoms with Gasteiger partial charge < -0.3 is 9.66 Å². The second kappa shape index (κ2) is 8.29. The average Bonchev–Trinajstić information content (AvgIpc) is 2.46. The van der Waals surface area contributed by atoms with E-state index in [9.17, 15) is 13.7 Å². The molecular weight excluding hydrogens is 319 g/mol. The van der Waals surface area contributed by atoms with Gasteiger partial charge in [0.2, 0.25) is 0 Å². The molecule has 0 radical (unpaired) electrons. The van der Waals surface area contributed by atoms with Crippen molar-refractivity contribution in [3.63, 3.8) is 0 Å². The summed E-state index contributed by atoms with van der Waals surface area (Å²) in [7, 11) is 0. The standard InChI is InChI=1S/C16H21FN2O3S/c1-16(2,3)23(22)19-14(9-6-12(10-18)15(20)21)11-4-7-13(17)8-5-11/h4-5,7-8,12,14,19H,6,9H2,1-3H3,(H,20,21)/t12?,14-,23?/m1/s1. The number of aliphatic carboxylic acids is 1. The van der Waals surface area contributed by atoms with Crippen molar-refractivity contribution in [2.75, 3.05) is 0 Å². The van der Waals surface area contributed by atoms with Gasteiger partial charge in [0.05, 0.1) is 12.1 Å². The maximum atomic E-state index is 13.1. The molecule has 0 aliphatic rings. The van der Waals surface area contributed by atoms with Crippen molar-refractivity contribution in [2.45, 2.75) is 44.4 Å². The molecule has 0 aliphatic heterocycles. The van der Waals surface area contributed by atoms with E-state index in [1.807, 2.05) is 20.8 Å². The van der Waals surface area contributed by atoms with Crippen LogP contribution in [0.4, 0.5) is 4.39 Å². The second-order valence-corrected chi connectivity index (χ2v) is 8.20. The van der Waals surface area contributed by atoms with E-state index in [-0.39, 0.29) is 12.2 Å². The Morgan fingerprint density at radius 3 is 2.39 bits per heavy atom. The lowest BCUT2D eigenvalue weighted by molar-refractivity contribution is -0.140. The molecule has 1 aromatic carbocycles. The van der Waals surface area contributed by atoms with E-state index in [2.05, 4.69) is 4.72 Å². The molecule has 0 bridgehead atoms. The van der Waals surface area contributed by atoms with Crippen molar-refractivity contribution in [3.8, 4) is 6.07 Å². The molecule has 7 heteroatoms. The Bertz CT molecular complexity index is 566. The van der Waals surface area contributed by atoms with E-state index in [0.29, 0.717) is 12.0 Å². The van der Waals surface area contributed by atoms with Crippen LogP contribution in [0.15, 0.2) is 24.3 Å². The van der Waals surface area contributed by atoms with Crippen LogP contribution in [0.25, 0.3) is 0 Å². The van der Waals surface area contributed by atoms with Gasteiger partial charge in [0.25, 0.3) is 0 Å². The number of carboxylic acids is 1. The van der Waals surface area contributed by atoms with Crippen LogP contribution in [0.2, 0.25) is 0 Å². The zero-order valence-electron chi connectivity index (χ0n) is 13.4. The summed E-state index contributed by atoms with van der Waals surface area (Å²) in [5.74, 6) is -2.69. The third-order valence-corrected chi connectivity index (χ3v) is 4.89. The molecule has 0 heterocycles. The van der Waals surface area contributed by atoms with Crippen molar-refractivity contribution in [2.24, 2.45) is 5.92 Å². The lowest BCUT2D eigenvalue weighted by atomic mass is 9.97. The molecule has 3 atom stereocenters. The van der Waals surface area contributed by atoms with Crippen LogP contribution in [0.1, 0.15) is 45.2 Å². The first kappa shape index (κ1) is 19.4.